The van der Waals surface area contributed by atoms with Crippen LogP contribution in [0.4, 0.5) is 0 Å². The molecule has 22 heavy (non-hydrogen) atoms. The van der Waals surface area contributed by atoms with Gasteiger partial charge in [-0.05, 0) is 43.5 Å². The highest BCUT2D eigenvalue weighted by atomic mass is 16.1. The van der Waals surface area contributed by atoms with E-state index in [9.17, 15) is 4.79 Å². The zero-order chi connectivity index (χ0) is 15.4. The fourth-order valence-electron chi connectivity index (χ4n) is 3.03. The van der Waals surface area contributed by atoms with E-state index in [4.69, 9.17) is 0 Å². The molecule has 1 saturated heterocycles. The molecule has 5 heteroatoms. The third-order valence-electron chi connectivity index (χ3n) is 4.20. The van der Waals surface area contributed by atoms with Crippen molar-refractivity contribution in [1.29, 1.82) is 0 Å². The summed E-state index contributed by atoms with van der Waals surface area (Å²) < 4.78 is 1.74. The summed E-state index contributed by atoms with van der Waals surface area (Å²) in [5.41, 5.74) is 2.99. The van der Waals surface area contributed by atoms with Crippen molar-refractivity contribution in [2.24, 2.45) is 7.05 Å². The maximum absolute atomic E-state index is 12.5. The fourth-order valence-corrected chi connectivity index (χ4v) is 3.03. The normalized spacial score (nSPS) is 15.7. The molecule has 0 aliphatic carbocycles. The molecule has 1 aromatic carbocycles. The van der Waals surface area contributed by atoms with Crippen LogP contribution in [0.25, 0.3) is 0 Å². The van der Waals surface area contributed by atoms with E-state index in [1.54, 1.807) is 10.9 Å². The molecular formula is C17H22N4O. The number of nitrogens with one attached hydrogen (secondary N) is 2. The van der Waals surface area contributed by atoms with E-state index in [2.05, 4.69) is 21.8 Å². The van der Waals surface area contributed by atoms with E-state index >= 15 is 0 Å². The van der Waals surface area contributed by atoms with E-state index in [1.807, 2.05) is 31.4 Å². The van der Waals surface area contributed by atoms with Gasteiger partial charge in [-0.25, -0.2) is 0 Å². The second-order valence-corrected chi connectivity index (χ2v) is 5.82. The van der Waals surface area contributed by atoms with Crippen molar-refractivity contribution in [2.75, 3.05) is 13.1 Å². The third kappa shape index (κ3) is 3.36. The number of nitrogens with zero attached hydrogens (tertiary/aromatic N) is 2. The lowest BCUT2D eigenvalue weighted by Crippen LogP contribution is -2.29. The first-order valence-electron chi connectivity index (χ1n) is 7.79. The van der Waals surface area contributed by atoms with Crippen molar-refractivity contribution < 1.29 is 4.79 Å². The molecule has 1 fully saturated rings. The van der Waals surface area contributed by atoms with Crippen LogP contribution in [0.5, 0.6) is 0 Å². The van der Waals surface area contributed by atoms with E-state index in [0.717, 1.165) is 37.1 Å². The third-order valence-corrected chi connectivity index (χ3v) is 4.20. The summed E-state index contributed by atoms with van der Waals surface area (Å²) in [5, 5.41) is 10.5. The van der Waals surface area contributed by atoms with Gasteiger partial charge in [0.1, 0.15) is 0 Å². The first kappa shape index (κ1) is 14.8. The molecule has 0 unspecified atom stereocenters. The number of hydrogen-bond donors (Lipinski definition) is 2. The van der Waals surface area contributed by atoms with Gasteiger partial charge in [0.05, 0.1) is 6.20 Å². The molecule has 116 valence electrons. The van der Waals surface area contributed by atoms with E-state index in [1.165, 1.54) is 5.56 Å². The summed E-state index contributed by atoms with van der Waals surface area (Å²) in [6.07, 6.45) is 5.87. The Bertz CT molecular complexity index is 644. The first-order valence-corrected chi connectivity index (χ1v) is 7.79. The molecule has 0 bridgehead atoms. The standard InChI is InChI=1S/C17H22N4O/c1-21-12-13(11-20-21)10-19-17(22)16-5-3-2-4-15(16)14-6-8-18-9-7-14/h2-5,11-12,14,18H,6-10H2,1H3,(H,19,22). The van der Waals surface area contributed by atoms with Crippen LogP contribution in [0.1, 0.15) is 40.2 Å². The maximum atomic E-state index is 12.5. The summed E-state index contributed by atoms with van der Waals surface area (Å²) in [4.78, 5) is 12.5. The minimum atomic E-state index is -0.00187. The zero-order valence-electron chi connectivity index (χ0n) is 12.9. The second kappa shape index (κ2) is 6.75. The van der Waals surface area contributed by atoms with Gasteiger partial charge in [-0.15, -0.1) is 0 Å². The number of carbonyl (C=O) groups excluding carboxylic acids is 1. The molecule has 1 aromatic heterocycles. The predicted octanol–water partition coefficient (Wildman–Crippen LogP) is 1.82. The minimum Gasteiger partial charge on any atom is -0.348 e. The summed E-state index contributed by atoms with van der Waals surface area (Å²) in [6, 6.07) is 7.98. The molecule has 3 rings (SSSR count). The van der Waals surface area contributed by atoms with E-state index in [0.29, 0.717) is 12.5 Å². The number of piperidine rings is 1. The van der Waals surface area contributed by atoms with Crippen molar-refractivity contribution >= 4 is 5.91 Å². The summed E-state index contributed by atoms with van der Waals surface area (Å²) in [7, 11) is 1.87. The number of amides is 1. The molecule has 2 heterocycles. The molecular weight excluding hydrogens is 276 g/mol. The average Bonchev–Trinajstić information content (AvgIpc) is 2.99. The number of aryl methyl sites for hydroxylation is 1. The monoisotopic (exact) mass is 298 g/mol. The molecule has 0 spiro atoms. The van der Waals surface area contributed by atoms with Crippen LogP contribution in [-0.4, -0.2) is 28.8 Å². The van der Waals surface area contributed by atoms with E-state index < -0.39 is 0 Å². The minimum absolute atomic E-state index is 0.00187. The molecule has 2 N–H and O–H groups in total. The van der Waals surface area contributed by atoms with Crippen molar-refractivity contribution in [2.45, 2.75) is 25.3 Å². The molecule has 5 nitrogen and oxygen atoms in total. The van der Waals surface area contributed by atoms with Gasteiger partial charge in [0, 0.05) is 30.9 Å². The Kier molecular flexibility index (Phi) is 4.53. The number of hydrogen-bond acceptors (Lipinski definition) is 3. The Morgan fingerprint density at radius 3 is 2.86 bits per heavy atom. The van der Waals surface area contributed by atoms with Crippen molar-refractivity contribution in [3.63, 3.8) is 0 Å². The SMILES string of the molecule is Cn1cc(CNC(=O)c2ccccc2C2CCNCC2)cn1. The zero-order valence-corrected chi connectivity index (χ0v) is 12.9. The number of carbonyl (C=O) groups is 1. The Balaban J connectivity index is 1.71. The van der Waals surface area contributed by atoms with Crippen LogP contribution < -0.4 is 10.6 Å². The van der Waals surface area contributed by atoms with Gasteiger partial charge < -0.3 is 10.6 Å². The lowest BCUT2D eigenvalue weighted by Gasteiger charge is -2.24. The highest BCUT2D eigenvalue weighted by Crippen LogP contribution is 2.28. The van der Waals surface area contributed by atoms with E-state index in [-0.39, 0.29) is 5.91 Å². The molecule has 2 aromatic rings. The lowest BCUT2D eigenvalue weighted by atomic mass is 9.87. The number of rotatable bonds is 4. The molecule has 1 amide bonds. The lowest BCUT2D eigenvalue weighted by molar-refractivity contribution is 0.0949. The quantitative estimate of drug-likeness (QED) is 0.905. The molecule has 1 aliphatic rings. The van der Waals surface area contributed by atoms with Gasteiger partial charge >= 0.3 is 0 Å². The molecule has 0 radical (unpaired) electrons. The van der Waals surface area contributed by atoms with Crippen LogP contribution in [-0.2, 0) is 13.6 Å². The number of aromatic nitrogens is 2. The van der Waals surface area contributed by atoms with Gasteiger partial charge in [0.15, 0.2) is 0 Å². The van der Waals surface area contributed by atoms with Gasteiger partial charge in [-0.1, -0.05) is 18.2 Å². The molecule has 1 aliphatic heterocycles. The van der Waals surface area contributed by atoms with Crippen LogP contribution in [0.2, 0.25) is 0 Å². The largest absolute Gasteiger partial charge is 0.348 e. The van der Waals surface area contributed by atoms with Crippen molar-refractivity contribution in [1.82, 2.24) is 20.4 Å². The maximum Gasteiger partial charge on any atom is 0.251 e. The Morgan fingerprint density at radius 2 is 2.14 bits per heavy atom. The highest BCUT2D eigenvalue weighted by molar-refractivity contribution is 5.95. The van der Waals surface area contributed by atoms with Crippen LogP contribution in [0.15, 0.2) is 36.7 Å². The van der Waals surface area contributed by atoms with Crippen molar-refractivity contribution in [3.8, 4) is 0 Å². The topological polar surface area (TPSA) is 59.0 Å². The Labute approximate surface area is 130 Å². The van der Waals surface area contributed by atoms with Crippen LogP contribution >= 0.6 is 0 Å². The Hall–Kier alpha value is -2.14. The first-order chi connectivity index (χ1) is 10.7. The second-order valence-electron chi connectivity index (χ2n) is 5.82. The Morgan fingerprint density at radius 1 is 1.36 bits per heavy atom. The van der Waals surface area contributed by atoms with Crippen LogP contribution in [0, 0.1) is 0 Å². The predicted molar refractivity (Wildman–Crippen MR) is 85.7 cm³/mol. The molecule has 0 saturated carbocycles. The summed E-state index contributed by atoms with van der Waals surface area (Å²) in [6.45, 7) is 2.56. The average molecular weight is 298 g/mol. The molecule has 0 atom stereocenters. The fraction of sp³-hybridized carbons (Fsp3) is 0.412. The van der Waals surface area contributed by atoms with Crippen molar-refractivity contribution in [3.05, 3.63) is 53.3 Å². The van der Waals surface area contributed by atoms with Crippen LogP contribution in [0.3, 0.4) is 0 Å². The smallest absolute Gasteiger partial charge is 0.251 e. The van der Waals surface area contributed by atoms with Gasteiger partial charge in [-0.2, -0.15) is 5.10 Å². The summed E-state index contributed by atoms with van der Waals surface area (Å²) in [5.74, 6) is 0.472. The highest BCUT2D eigenvalue weighted by Gasteiger charge is 2.20. The number of benzene rings is 1. The van der Waals surface area contributed by atoms with Gasteiger partial charge in [0.2, 0.25) is 0 Å². The van der Waals surface area contributed by atoms with Gasteiger partial charge in [0.25, 0.3) is 5.91 Å². The van der Waals surface area contributed by atoms with Gasteiger partial charge in [-0.3, -0.25) is 9.48 Å². The summed E-state index contributed by atoms with van der Waals surface area (Å²) >= 11 is 0.